The maximum absolute atomic E-state index is 10.7. The molecule has 1 aliphatic rings. The van der Waals surface area contributed by atoms with Crippen LogP contribution in [0.3, 0.4) is 0 Å². The molecule has 0 aliphatic carbocycles. The molecule has 0 amide bonds. The van der Waals surface area contributed by atoms with Crippen LogP contribution in [0, 0.1) is 0 Å². The van der Waals surface area contributed by atoms with Crippen LogP contribution < -0.4 is 14.8 Å². The normalized spacial score (nSPS) is 13.0. The smallest absolute Gasteiger partial charge is 0.357 e. The Morgan fingerprint density at radius 1 is 1.30 bits per heavy atom. The summed E-state index contributed by atoms with van der Waals surface area (Å²) < 4.78 is 15.9. The molecule has 104 valence electrons. The van der Waals surface area contributed by atoms with Crippen molar-refractivity contribution in [2.75, 3.05) is 18.5 Å². The van der Waals surface area contributed by atoms with Gasteiger partial charge in [-0.3, -0.25) is 0 Å². The molecule has 0 radical (unpaired) electrons. The standard InChI is InChI=1S/C13H12N2O5/c16-13(17)9-7-20-12(15-9)6-14-8-1-2-10-11(5-8)19-4-3-18-10/h1-2,5,7,14H,3-4,6H2,(H,16,17). The topological polar surface area (TPSA) is 93.8 Å². The van der Waals surface area contributed by atoms with Crippen LogP contribution in [-0.4, -0.2) is 29.3 Å². The molecule has 1 aliphatic heterocycles. The van der Waals surface area contributed by atoms with Crippen molar-refractivity contribution in [3.05, 3.63) is 36.0 Å². The van der Waals surface area contributed by atoms with E-state index in [0.29, 0.717) is 30.6 Å². The Hall–Kier alpha value is -2.70. The summed E-state index contributed by atoms with van der Waals surface area (Å²) in [7, 11) is 0. The minimum atomic E-state index is -1.11. The van der Waals surface area contributed by atoms with Crippen LogP contribution in [0.5, 0.6) is 11.5 Å². The second kappa shape index (κ2) is 5.12. The summed E-state index contributed by atoms with van der Waals surface area (Å²) in [5.74, 6) is 0.586. The Bertz CT molecular complexity index is 637. The van der Waals surface area contributed by atoms with Gasteiger partial charge < -0.3 is 24.3 Å². The van der Waals surface area contributed by atoms with E-state index in [-0.39, 0.29) is 12.2 Å². The molecule has 1 aromatic heterocycles. The number of carboxylic acids is 1. The van der Waals surface area contributed by atoms with Crippen LogP contribution in [-0.2, 0) is 6.54 Å². The van der Waals surface area contributed by atoms with Crippen molar-refractivity contribution >= 4 is 11.7 Å². The predicted octanol–water partition coefficient (Wildman–Crippen LogP) is 1.76. The van der Waals surface area contributed by atoms with E-state index < -0.39 is 5.97 Å². The molecule has 7 nitrogen and oxygen atoms in total. The Morgan fingerprint density at radius 3 is 2.85 bits per heavy atom. The summed E-state index contributed by atoms with van der Waals surface area (Å²) in [6.45, 7) is 1.36. The van der Waals surface area contributed by atoms with Gasteiger partial charge in [-0.05, 0) is 12.1 Å². The van der Waals surface area contributed by atoms with Gasteiger partial charge in [0.15, 0.2) is 17.2 Å². The zero-order chi connectivity index (χ0) is 13.9. The number of nitrogens with zero attached hydrogens (tertiary/aromatic N) is 1. The van der Waals surface area contributed by atoms with Crippen molar-refractivity contribution in [2.45, 2.75) is 6.54 Å². The van der Waals surface area contributed by atoms with Crippen LogP contribution in [0.4, 0.5) is 5.69 Å². The first kappa shape index (κ1) is 12.3. The van der Waals surface area contributed by atoms with Gasteiger partial charge in [0.25, 0.3) is 0 Å². The largest absolute Gasteiger partial charge is 0.486 e. The Labute approximate surface area is 114 Å². The maximum Gasteiger partial charge on any atom is 0.357 e. The summed E-state index contributed by atoms with van der Waals surface area (Å²) >= 11 is 0. The quantitative estimate of drug-likeness (QED) is 0.878. The van der Waals surface area contributed by atoms with E-state index in [1.54, 1.807) is 0 Å². The third-order valence-corrected chi connectivity index (χ3v) is 2.76. The van der Waals surface area contributed by atoms with E-state index in [1.807, 2.05) is 18.2 Å². The van der Waals surface area contributed by atoms with Crippen molar-refractivity contribution < 1.29 is 23.8 Å². The van der Waals surface area contributed by atoms with Gasteiger partial charge in [0.05, 0.1) is 6.54 Å². The molecule has 2 N–H and O–H groups in total. The van der Waals surface area contributed by atoms with Gasteiger partial charge in [0, 0.05) is 11.8 Å². The fourth-order valence-electron chi connectivity index (χ4n) is 1.82. The van der Waals surface area contributed by atoms with Crippen molar-refractivity contribution in [3.8, 4) is 11.5 Å². The minimum absolute atomic E-state index is 0.107. The second-order valence-electron chi connectivity index (χ2n) is 4.14. The molecular weight excluding hydrogens is 264 g/mol. The predicted molar refractivity (Wildman–Crippen MR) is 68.2 cm³/mol. The average molecular weight is 276 g/mol. The molecule has 7 heteroatoms. The minimum Gasteiger partial charge on any atom is -0.486 e. The summed E-state index contributed by atoms with van der Waals surface area (Å²) in [4.78, 5) is 14.5. The number of rotatable bonds is 4. The van der Waals surface area contributed by atoms with Crippen molar-refractivity contribution in [1.29, 1.82) is 0 Å². The Morgan fingerprint density at radius 2 is 2.10 bits per heavy atom. The molecule has 0 saturated heterocycles. The monoisotopic (exact) mass is 276 g/mol. The first-order chi connectivity index (χ1) is 9.72. The number of hydrogen-bond acceptors (Lipinski definition) is 6. The molecule has 0 atom stereocenters. The number of nitrogens with one attached hydrogen (secondary N) is 1. The molecule has 0 unspecified atom stereocenters. The van der Waals surface area contributed by atoms with Crippen LogP contribution >= 0.6 is 0 Å². The first-order valence-electron chi connectivity index (χ1n) is 6.03. The number of hydrogen-bond donors (Lipinski definition) is 2. The van der Waals surface area contributed by atoms with Crippen LogP contribution in [0.1, 0.15) is 16.4 Å². The van der Waals surface area contributed by atoms with E-state index in [1.165, 1.54) is 0 Å². The molecular formula is C13H12N2O5. The number of fused-ring (bicyclic) bond motifs is 1. The molecule has 2 heterocycles. The third-order valence-electron chi connectivity index (χ3n) is 2.76. The lowest BCUT2D eigenvalue weighted by Crippen LogP contribution is -2.15. The number of carbonyl (C=O) groups is 1. The lowest BCUT2D eigenvalue weighted by Gasteiger charge is -2.19. The van der Waals surface area contributed by atoms with E-state index in [4.69, 9.17) is 19.0 Å². The Balaban J connectivity index is 1.67. The van der Waals surface area contributed by atoms with Gasteiger partial charge in [-0.1, -0.05) is 0 Å². The van der Waals surface area contributed by atoms with Crippen molar-refractivity contribution in [2.24, 2.45) is 0 Å². The molecule has 1 aromatic carbocycles. The van der Waals surface area contributed by atoms with Crippen LogP contribution in [0.25, 0.3) is 0 Å². The molecule has 0 bridgehead atoms. The SMILES string of the molecule is O=C(O)c1coc(CNc2ccc3c(c2)OCCO3)n1. The highest BCUT2D eigenvalue weighted by atomic mass is 16.6. The van der Waals surface area contributed by atoms with Crippen LogP contribution in [0.2, 0.25) is 0 Å². The Kier molecular flexibility index (Phi) is 3.16. The number of aromatic nitrogens is 1. The molecule has 3 rings (SSSR count). The van der Waals surface area contributed by atoms with Gasteiger partial charge >= 0.3 is 5.97 Å². The number of benzene rings is 1. The third kappa shape index (κ3) is 2.51. The molecule has 0 saturated carbocycles. The summed E-state index contributed by atoms with van der Waals surface area (Å²) in [6, 6.07) is 5.47. The molecule has 0 spiro atoms. The van der Waals surface area contributed by atoms with E-state index in [2.05, 4.69) is 10.3 Å². The zero-order valence-electron chi connectivity index (χ0n) is 10.5. The molecule has 20 heavy (non-hydrogen) atoms. The number of aromatic carboxylic acids is 1. The number of anilines is 1. The van der Waals surface area contributed by atoms with Crippen molar-refractivity contribution in [3.63, 3.8) is 0 Å². The lowest BCUT2D eigenvalue weighted by molar-refractivity contribution is 0.0690. The molecule has 0 fully saturated rings. The van der Waals surface area contributed by atoms with E-state index in [9.17, 15) is 4.79 Å². The van der Waals surface area contributed by atoms with Gasteiger partial charge in [-0.25, -0.2) is 9.78 Å². The van der Waals surface area contributed by atoms with Gasteiger partial charge in [-0.15, -0.1) is 0 Å². The highest BCUT2D eigenvalue weighted by molar-refractivity contribution is 5.84. The number of carboxylic acid groups (broad SMARTS) is 1. The van der Waals surface area contributed by atoms with Crippen LogP contribution in [0.15, 0.2) is 28.9 Å². The van der Waals surface area contributed by atoms with E-state index in [0.717, 1.165) is 12.0 Å². The summed E-state index contributed by atoms with van der Waals surface area (Å²) in [5.41, 5.74) is 0.702. The first-order valence-corrected chi connectivity index (χ1v) is 6.03. The highest BCUT2D eigenvalue weighted by Gasteiger charge is 2.13. The van der Waals surface area contributed by atoms with Crippen molar-refractivity contribution in [1.82, 2.24) is 4.98 Å². The summed E-state index contributed by atoms with van der Waals surface area (Å²) in [5, 5.41) is 11.8. The summed E-state index contributed by atoms with van der Waals surface area (Å²) in [6.07, 6.45) is 1.11. The second-order valence-corrected chi connectivity index (χ2v) is 4.14. The average Bonchev–Trinajstić information content (AvgIpc) is 2.94. The molecule has 2 aromatic rings. The lowest BCUT2D eigenvalue weighted by atomic mass is 10.2. The fraction of sp³-hybridized carbons (Fsp3) is 0.231. The van der Waals surface area contributed by atoms with Gasteiger partial charge in [0.1, 0.15) is 19.5 Å². The zero-order valence-corrected chi connectivity index (χ0v) is 10.5. The van der Waals surface area contributed by atoms with Gasteiger partial charge in [-0.2, -0.15) is 0 Å². The number of ether oxygens (including phenoxy) is 2. The highest BCUT2D eigenvalue weighted by Crippen LogP contribution is 2.32. The van der Waals surface area contributed by atoms with Gasteiger partial charge in [0.2, 0.25) is 5.89 Å². The number of oxazole rings is 1. The maximum atomic E-state index is 10.7. The fourth-order valence-corrected chi connectivity index (χ4v) is 1.82. The van der Waals surface area contributed by atoms with E-state index >= 15 is 0 Å².